The van der Waals surface area contributed by atoms with Crippen LogP contribution in [0.25, 0.3) is 0 Å². The van der Waals surface area contributed by atoms with Crippen LogP contribution in [0.4, 0.5) is 5.69 Å². The largest absolute Gasteiger partial charge is 0.485 e. The number of nitrogens with one attached hydrogen (secondary N) is 2. The fraction of sp³-hybridized carbons (Fsp3) is 0.294. The third-order valence-electron chi connectivity index (χ3n) is 3.97. The minimum absolute atomic E-state index is 0.209. The number of nitrogens with zero attached hydrogens (tertiary/aromatic N) is 3. The van der Waals surface area contributed by atoms with E-state index in [1.165, 1.54) is 6.20 Å². The maximum Gasteiger partial charge on any atom is 0.259 e. The number of anilines is 1. The molecule has 1 aliphatic carbocycles. The van der Waals surface area contributed by atoms with Gasteiger partial charge in [0, 0.05) is 17.3 Å². The van der Waals surface area contributed by atoms with Gasteiger partial charge in [0.2, 0.25) is 11.7 Å². The van der Waals surface area contributed by atoms with Crippen LogP contribution in [0.1, 0.15) is 46.5 Å². The molecule has 8 nitrogen and oxygen atoms in total. The third kappa shape index (κ3) is 3.52. The lowest BCUT2D eigenvalue weighted by atomic mass is 10.2. The number of carbonyl (C=O) groups is 1. The van der Waals surface area contributed by atoms with Gasteiger partial charge in [-0.3, -0.25) is 9.89 Å². The van der Waals surface area contributed by atoms with Crippen molar-refractivity contribution >= 4 is 11.6 Å². The van der Waals surface area contributed by atoms with E-state index in [4.69, 9.17) is 9.26 Å². The summed E-state index contributed by atoms with van der Waals surface area (Å²) >= 11 is 0. The molecular formula is C17H17N5O3. The molecule has 2 aromatic heterocycles. The van der Waals surface area contributed by atoms with Gasteiger partial charge in [0.25, 0.3) is 5.91 Å². The summed E-state index contributed by atoms with van der Waals surface area (Å²) in [6, 6.07) is 7.10. The average Bonchev–Trinajstić information content (AvgIpc) is 3.20. The first-order valence-corrected chi connectivity index (χ1v) is 8.06. The van der Waals surface area contributed by atoms with Gasteiger partial charge in [-0.2, -0.15) is 10.1 Å². The van der Waals surface area contributed by atoms with E-state index < -0.39 is 0 Å². The molecule has 0 spiro atoms. The first kappa shape index (κ1) is 15.4. The number of hydrogen-bond donors (Lipinski definition) is 2. The number of aryl methyl sites for hydroxylation is 1. The first-order chi connectivity index (χ1) is 12.2. The summed E-state index contributed by atoms with van der Waals surface area (Å²) < 4.78 is 10.8. The number of ether oxygens (including phenoxy) is 1. The zero-order valence-electron chi connectivity index (χ0n) is 13.7. The van der Waals surface area contributed by atoms with Crippen molar-refractivity contribution in [1.82, 2.24) is 20.3 Å². The van der Waals surface area contributed by atoms with Crippen molar-refractivity contribution in [1.29, 1.82) is 0 Å². The molecule has 0 aliphatic heterocycles. The van der Waals surface area contributed by atoms with Crippen molar-refractivity contribution < 1.29 is 14.1 Å². The summed E-state index contributed by atoms with van der Waals surface area (Å²) in [4.78, 5) is 16.4. The number of benzene rings is 1. The molecule has 0 bridgehead atoms. The summed E-state index contributed by atoms with van der Waals surface area (Å²) in [7, 11) is 0. The highest BCUT2D eigenvalue weighted by Crippen LogP contribution is 2.38. The highest BCUT2D eigenvalue weighted by atomic mass is 16.5. The maximum absolute atomic E-state index is 12.1. The molecule has 2 heterocycles. The van der Waals surface area contributed by atoms with Crippen molar-refractivity contribution in [2.45, 2.75) is 32.3 Å². The molecule has 3 aromatic rings. The van der Waals surface area contributed by atoms with Gasteiger partial charge < -0.3 is 14.6 Å². The van der Waals surface area contributed by atoms with E-state index in [1.54, 1.807) is 31.2 Å². The second kappa shape index (κ2) is 6.39. The van der Waals surface area contributed by atoms with E-state index >= 15 is 0 Å². The Morgan fingerprint density at radius 3 is 2.84 bits per heavy atom. The van der Waals surface area contributed by atoms with Gasteiger partial charge in [-0.15, -0.1) is 0 Å². The van der Waals surface area contributed by atoms with E-state index in [2.05, 4.69) is 25.7 Å². The van der Waals surface area contributed by atoms with Crippen molar-refractivity contribution in [2.75, 3.05) is 5.32 Å². The average molecular weight is 339 g/mol. The summed E-state index contributed by atoms with van der Waals surface area (Å²) in [6.07, 6.45) is 3.74. The second-order valence-corrected chi connectivity index (χ2v) is 6.00. The number of aromatic amines is 1. The summed E-state index contributed by atoms with van der Waals surface area (Å²) in [6.45, 7) is 2.04. The molecule has 4 rings (SSSR count). The van der Waals surface area contributed by atoms with E-state index in [0.717, 1.165) is 18.5 Å². The lowest BCUT2D eigenvalue weighted by Gasteiger charge is -2.07. The lowest BCUT2D eigenvalue weighted by Crippen LogP contribution is -2.12. The molecular weight excluding hydrogens is 322 g/mol. The number of rotatable bonds is 6. The summed E-state index contributed by atoms with van der Waals surface area (Å²) in [5.74, 6) is 2.12. The molecule has 1 aliphatic rings. The minimum Gasteiger partial charge on any atom is -0.485 e. The van der Waals surface area contributed by atoms with Crippen LogP contribution < -0.4 is 10.1 Å². The first-order valence-electron chi connectivity index (χ1n) is 8.06. The fourth-order valence-electron chi connectivity index (χ4n) is 2.38. The fourth-order valence-corrected chi connectivity index (χ4v) is 2.38. The van der Waals surface area contributed by atoms with Gasteiger partial charge in [0.05, 0.1) is 11.8 Å². The van der Waals surface area contributed by atoms with E-state index in [0.29, 0.717) is 34.6 Å². The number of hydrogen-bond acceptors (Lipinski definition) is 6. The number of carbonyl (C=O) groups excluding carboxylic acids is 1. The molecule has 0 saturated heterocycles. The molecule has 8 heteroatoms. The highest BCUT2D eigenvalue weighted by molar-refractivity contribution is 6.04. The van der Waals surface area contributed by atoms with Crippen LogP contribution in [0.2, 0.25) is 0 Å². The van der Waals surface area contributed by atoms with Gasteiger partial charge in [-0.25, -0.2) is 0 Å². The van der Waals surface area contributed by atoms with E-state index in [-0.39, 0.29) is 12.5 Å². The van der Waals surface area contributed by atoms with Crippen LogP contribution in [0.3, 0.4) is 0 Å². The summed E-state index contributed by atoms with van der Waals surface area (Å²) in [5.41, 5.74) is 1.92. The number of aromatic nitrogens is 4. The van der Waals surface area contributed by atoms with Crippen LogP contribution >= 0.6 is 0 Å². The van der Waals surface area contributed by atoms with E-state index in [9.17, 15) is 4.79 Å². The Bertz CT molecular complexity index is 880. The predicted molar refractivity (Wildman–Crippen MR) is 88.3 cm³/mol. The maximum atomic E-state index is 12.1. The zero-order valence-corrected chi connectivity index (χ0v) is 13.7. The van der Waals surface area contributed by atoms with Crippen LogP contribution in [-0.4, -0.2) is 26.2 Å². The Morgan fingerprint density at radius 2 is 2.16 bits per heavy atom. The van der Waals surface area contributed by atoms with Gasteiger partial charge in [-0.1, -0.05) is 5.16 Å². The highest BCUT2D eigenvalue weighted by Gasteiger charge is 2.29. The molecule has 0 atom stereocenters. The minimum atomic E-state index is -0.209. The van der Waals surface area contributed by atoms with Crippen molar-refractivity contribution in [3.05, 3.63) is 53.4 Å². The Morgan fingerprint density at radius 1 is 1.36 bits per heavy atom. The van der Waals surface area contributed by atoms with Gasteiger partial charge >= 0.3 is 0 Å². The lowest BCUT2D eigenvalue weighted by molar-refractivity contribution is 0.102. The Labute approximate surface area is 143 Å². The van der Waals surface area contributed by atoms with Crippen molar-refractivity contribution in [3.8, 4) is 5.75 Å². The summed E-state index contributed by atoms with van der Waals surface area (Å²) in [5, 5.41) is 13.3. The molecule has 25 heavy (non-hydrogen) atoms. The second-order valence-electron chi connectivity index (χ2n) is 6.00. The normalized spacial score (nSPS) is 13.6. The molecule has 1 amide bonds. The monoisotopic (exact) mass is 339 g/mol. The number of H-pyrrole nitrogens is 1. The smallest absolute Gasteiger partial charge is 0.259 e. The van der Waals surface area contributed by atoms with Gasteiger partial charge in [0.1, 0.15) is 5.75 Å². The molecule has 0 radical (unpaired) electrons. The van der Waals surface area contributed by atoms with Crippen LogP contribution in [0.5, 0.6) is 5.75 Å². The SMILES string of the molecule is Cc1[nH]ncc1C(=O)Nc1ccc(OCc2noc(C3CC3)n2)cc1. The van der Waals surface area contributed by atoms with Gasteiger partial charge in [-0.05, 0) is 44.0 Å². The zero-order chi connectivity index (χ0) is 17.2. The topological polar surface area (TPSA) is 106 Å². The van der Waals surface area contributed by atoms with Gasteiger partial charge in [0.15, 0.2) is 6.61 Å². The quantitative estimate of drug-likeness (QED) is 0.715. The molecule has 2 N–H and O–H groups in total. The van der Waals surface area contributed by atoms with Crippen LogP contribution in [0.15, 0.2) is 35.0 Å². The Hall–Kier alpha value is -3.16. The van der Waals surface area contributed by atoms with Crippen LogP contribution in [-0.2, 0) is 6.61 Å². The Balaban J connectivity index is 1.33. The van der Waals surface area contributed by atoms with Crippen molar-refractivity contribution in [3.63, 3.8) is 0 Å². The van der Waals surface area contributed by atoms with Crippen molar-refractivity contribution in [2.24, 2.45) is 0 Å². The molecule has 128 valence electrons. The third-order valence-corrected chi connectivity index (χ3v) is 3.97. The molecule has 1 saturated carbocycles. The molecule has 1 fully saturated rings. The Kier molecular flexibility index (Phi) is 3.93. The number of amides is 1. The standard InChI is InChI=1S/C17H17N5O3/c1-10-14(8-18-21-10)16(23)19-12-4-6-13(7-5-12)24-9-15-20-17(25-22-15)11-2-3-11/h4-8,11H,2-3,9H2,1H3,(H,18,21)(H,19,23). The predicted octanol–water partition coefficient (Wildman–Crippen LogP) is 2.81. The molecule has 0 unspecified atom stereocenters. The molecule has 1 aromatic carbocycles. The van der Waals surface area contributed by atoms with Crippen LogP contribution in [0, 0.1) is 6.92 Å². The van der Waals surface area contributed by atoms with E-state index in [1.807, 2.05) is 0 Å².